The molecule has 1 saturated heterocycles. The predicted octanol–water partition coefficient (Wildman–Crippen LogP) is 1.46. The minimum atomic E-state index is -0.416. The molecule has 1 aromatic carbocycles. The van der Waals surface area contributed by atoms with Crippen LogP contribution in [0.1, 0.15) is 27.7 Å². The van der Waals surface area contributed by atoms with Crippen LogP contribution in [0.25, 0.3) is 0 Å². The molecule has 1 fully saturated rings. The molecule has 2 rings (SSSR count). The highest BCUT2D eigenvalue weighted by Crippen LogP contribution is 2.37. The average Bonchev–Trinajstić information content (AvgIpc) is 2.59. The van der Waals surface area contributed by atoms with Crippen LogP contribution in [0.5, 0.6) is 5.75 Å². The van der Waals surface area contributed by atoms with Gasteiger partial charge in [-0.05, 0) is 33.8 Å². The summed E-state index contributed by atoms with van der Waals surface area (Å²) >= 11 is 0. The minimum absolute atomic E-state index is 0.358. The Balaban J connectivity index is 2.17. The molecule has 0 aromatic heterocycles. The molecule has 0 N–H and O–H groups in total. The number of hydrogen-bond acceptors (Lipinski definition) is 4. The van der Waals surface area contributed by atoms with E-state index in [9.17, 15) is 0 Å². The molecule has 0 bridgehead atoms. The highest BCUT2D eigenvalue weighted by Gasteiger charge is 2.52. The third-order valence-corrected chi connectivity index (χ3v) is 4.07. The molecule has 6 heteroatoms. The van der Waals surface area contributed by atoms with Crippen LogP contribution >= 0.6 is 0 Å². The van der Waals surface area contributed by atoms with E-state index in [4.69, 9.17) is 18.5 Å². The molecule has 4 nitrogen and oxygen atoms in total. The Morgan fingerprint density at radius 1 is 1.05 bits per heavy atom. The maximum absolute atomic E-state index is 6.05. The number of para-hydroxylation sites is 1. The van der Waals surface area contributed by atoms with Gasteiger partial charge in [0.2, 0.25) is 10.5 Å². The van der Waals surface area contributed by atoms with Crippen LogP contribution in [-0.4, -0.2) is 42.0 Å². The monoisotopic (exact) mass is 291 g/mol. The summed E-state index contributed by atoms with van der Waals surface area (Å²) in [5, 5.41) is 0. The lowest BCUT2D eigenvalue weighted by Crippen LogP contribution is -2.41. The van der Waals surface area contributed by atoms with Gasteiger partial charge >= 0.3 is 7.12 Å². The molecule has 1 aliphatic rings. The summed E-state index contributed by atoms with van der Waals surface area (Å²) in [4.78, 5) is 0. The van der Waals surface area contributed by atoms with E-state index in [0.717, 1.165) is 11.2 Å². The van der Waals surface area contributed by atoms with E-state index in [0.29, 0.717) is 13.2 Å². The van der Waals surface area contributed by atoms with Gasteiger partial charge in [-0.15, -0.1) is 0 Å². The molecule has 0 saturated carbocycles. The first-order valence-corrected chi connectivity index (χ1v) is 7.14. The Morgan fingerprint density at radius 3 is 2.25 bits per heavy atom. The molecule has 1 aliphatic heterocycles. The first-order valence-electron chi connectivity index (χ1n) is 6.73. The summed E-state index contributed by atoms with van der Waals surface area (Å²) in [5.41, 5.74) is 0.188. The van der Waals surface area contributed by atoms with Crippen molar-refractivity contribution in [3.8, 4) is 5.75 Å². The normalized spacial score (nSPS) is 20.1. The first-order chi connectivity index (χ1) is 9.37. The molecular formula is C14H20BO4Si. The molecule has 0 aliphatic carbocycles. The SMILES string of the molecule is CC1(C)OB(c2ccccc2OCCO[Si])OC1(C)C. The van der Waals surface area contributed by atoms with Crippen LogP contribution in [-0.2, 0) is 13.7 Å². The predicted molar refractivity (Wildman–Crippen MR) is 79.4 cm³/mol. The van der Waals surface area contributed by atoms with E-state index >= 15 is 0 Å². The van der Waals surface area contributed by atoms with Crippen molar-refractivity contribution >= 4 is 23.1 Å². The van der Waals surface area contributed by atoms with Gasteiger partial charge in [0, 0.05) is 5.46 Å². The van der Waals surface area contributed by atoms with Crippen molar-refractivity contribution in [3.63, 3.8) is 0 Å². The summed E-state index contributed by atoms with van der Waals surface area (Å²) < 4.78 is 22.6. The highest BCUT2D eigenvalue weighted by molar-refractivity contribution is 6.63. The lowest BCUT2D eigenvalue weighted by Gasteiger charge is -2.32. The Morgan fingerprint density at radius 2 is 1.65 bits per heavy atom. The van der Waals surface area contributed by atoms with Crippen molar-refractivity contribution in [3.05, 3.63) is 24.3 Å². The van der Waals surface area contributed by atoms with E-state index in [1.807, 2.05) is 52.0 Å². The summed E-state index contributed by atoms with van der Waals surface area (Å²) in [6.45, 7) is 9.07. The van der Waals surface area contributed by atoms with Gasteiger partial charge in [-0.1, -0.05) is 18.2 Å². The fraction of sp³-hybridized carbons (Fsp3) is 0.571. The van der Waals surface area contributed by atoms with Gasteiger partial charge in [-0.25, -0.2) is 0 Å². The molecule has 20 heavy (non-hydrogen) atoms. The summed E-state index contributed by atoms with van der Waals surface area (Å²) in [6.07, 6.45) is 0. The van der Waals surface area contributed by atoms with E-state index < -0.39 is 7.12 Å². The maximum Gasteiger partial charge on any atom is 0.498 e. The molecule has 0 unspecified atom stereocenters. The van der Waals surface area contributed by atoms with Crippen LogP contribution in [0.3, 0.4) is 0 Å². The maximum atomic E-state index is 6.05. The lowest BCUT2D eigenvalue weighted by molar-refractivity contribution is 0.00578. The van der Waals surface area contributed by atoms with Crippen LogP contribution < -0.4 is 10.2 Å². The van der Waals surface area contributed by atoms with Crippen LogP contribution in [0.15, 0.2) is 24.3 Å². The zero-order valence-electron chi connectivity index (χ0n) is 12.4. The van der Waals surface area contributed by atoms with Crippen molar-refractivity contribution in [2.45, 2.75) is 38.9 Å². The van der Waals surface area contributed by atoms with Crippen molar-refractivity contribution in [1.29, 1.82) is 0 Å². The molecule has 0 atom stereocenters. The number of hydrogen-bond donors (Lipinski definition) is 0. The van der Waals surface area contributed by atoms with E-state index in [2.05, 4.69) is 10.5 Å². The van der Waals surface area contributed by atoms with Crippen molar-refractivity contribution < 1.29 is 18.5 Å². The Bertz CT molecular complexity index is 448. The van der Waals surface area contributed by atoms with Crippen LogP contribution in [0.2, 0.25) is 0 Å². The molecule has 0 spiro atoms. The summed E-state index contributed by atoms with van der Waals surface area (Å²) in [6, 6.07) is 7.76. The summed E-state index contributed by atoms with van der Waals surface area (Å²) in [7, 11) is 2.54. The minimum Gasteiger partial charge on any atom is -0.492 e. The van der Waals surface area contributed by atoms with Gasteiger partial charge in [0.05, 0.1) is 17.8 Å². The zero-order valence-corrected chi connectivity index (χ0v) is 13.4. The molecule has 1 aromatic rings. The Hall–Kier alpha value is -0.818. The Kier molecular flexibility index (Phi) is 4.59. The second kappa shape index (κ2) is 5.89. The smallest absolute Gasteiger partial charge is 0.492 e. The Labute approximate surface area is 124 Å². The highest BCUT2D eigenvalue weighted by atomic mass is 28.2. The van der Waals surface area contributed by atoms with Gasteiger partial charge in [0.25, 0.3) is 0 Å². The van der Waals surface area contributed by atoms with Gasteiger partial charge in [0.15, 0.2) is 0 Å². The number of benzene rings is 1. The lowest BCUT2D eigenvalue weighted by atomic mass is 9.78. The molecule has 107 valence electrons. The first kappa shape index (κ1) is 15.6. The van der Waals surface area contributed by atoms with Gasteiger partial charge in [0.1, 0.15) is 12.4 Å². The van der Waals surface area contributed by atoms with E-state index in [1.54, 1.807) is 0 Å². The van der Waals surface area contributed by atoms with Gasteiger partial charge in [-0.2, -0.15) is 0 Å². The zero-order chi connectivity index (χ0) is 14.8. The second-order valence-corrected chi connectivity index (χ2v) is 6.11. The fourth-order valence-electron chi connectivity index (χ4n) is 1.97. The van der Waals surface area contributed by atoms with Crippen LogP contribution in [0, 0.1) is 0 Å². The van der Waals surface area contributed by atoms with Crippen molar-refractivity contribution in [2.75, 3.05) is 13.2 Å². The largest absolute Gasteiger partial charge is 0.498 e. The third kappa shape index (κ3) is 3.09. The summed E-state index contributed by atoms with van der Waals surface area (Å²) in [5.74, 6) is 0.759. The van der Waals surface area contributed by atoms with E-state index in [-0.39, 0.29) is 11.2 Å². The van der Waals surface area contributed by atoms with Crippen molar-refractivity contribution in [1.82, 2.24) is 0 Å². The van der Waals surface area contributed by atoms with Gasteiger partial charge < -0.3 is 18.5 Å². The fourth-order valence-corrected chi connectivity index (χ4v) is 2.05. The molecule has 0 amide bonds. The quantitative estimate of drug-likeness (QED) is 0.608. The molecule has 3 radical (unpaired) electrons. The average molecular weight is 291 g/mol. The number of rotatable bonds is 5. The molecular weight excluding hydrogens is 271 g/mol. The van der Waals surface area contributed by atoms with Gasteiger partial charge in [-0.3, -0.25) is 0 Å². The topological polar surface area (TPSA) is 36.9 Å². The molecule has 1 heterocycles. The third-order valence-electron chi connectivity index (χ3n) is 3.87. The van der Waals surface area contributed by atoms with Crippen molar-refractivity contribution in [2.24, 2.45) is 0 Å². The van der Waals surface area contributed by atoms with E-state index in [1.165, 1.54) is 0 Å². The van der Waals surface area contributed by atoms with Crippen LogP contribution in [0.4, 0.5) is 0 Å². The standard InChI is InChI=1S/C14H20BO4Si/c1-13(2)14(3,4)19-15(18-13)11-7-5-6-8-12(11)16-9-10-17-20/h5-8H,9-10H2,1-4H3. The number of ether oxygens (including phenoxy) is 1. The second-order valence-electron chi connectivity index (χ2n) is 5.82.